The van der Waals surface area contributed by atoms with Crippen molar-refractivity contribution in [2.75, 3.05) is 26.2 Å². The molecule has 19 heavy (non-hydrogen) atoms. The van der Waals surface area contributed by atoms with Crippen molar-refractivity contribution in [3.63, 3.8) is 0 Å². The molecule has 0 saturated carbocycles. The summed E-state index contributed by atoms with van der Waals surface area (Å²) >= 11 is 1.61. The van der Waals surface area contributed by atoms with Gasteiger partial charge in [-0.15, -0.1) is 11.3 Å². The minimum absolute atomic E-state index is 0.0950. The number of nitrogens with zero attached hydrogens (tertiary/aromatic N) is 1. The summed E-state index contributed by atoms with van der Waals surface area (Å²) in [5.74, 6) is 0. The van der Waals surface area contributed by atoms with Gasteiger partial charge in [0.1, 0.15) is 0 Å². The molecule has 0 aromatic carbocycles. The Bertz CT molecular complexity index is 397. The summed E-state index contributed by atoms with van der Waals surface area (Å²) in [5.41, 5.74) is 0. The molecule has 2 rings (SSSR count). The van der Waals surface area contributed by atoms with E-state index in [0.717, 1.165) is 35.9 Å². The first-order valence-electron chi connectivity index (χ1n) is 6.53. The Morgan fingerprint density at radius 3 is 2.53 bits per heavy atom. The van der Waals surface area contributed by atoms with Crippen molar-refractivity contribution in [1.29, 1.82) is 0 Å². The van der Waals surface area contributed by atoms with Crippen molar-refractivity contribution in [2.24, 2.45) is 0 Å². The highest BCUT2D eigenvalue weighted by Gasteiger charge is 2.31. The highest BCUT2D eigenvalue weighted by Crippen LogP contribution is 2.34. The van der Waals surface area contributed by atoms with E-state index >= 15 is 0 Å². The van der Waals surface area contributed by atoms with Crippen LogP contribution in [0.3, 0.4) is 0 Å². The molecule has 1 fully saturated rings. The van der Waals surface area contributed by atoms with Crippen LogP contribution in [0.2, 0.25) is 0 Å². The molecule has 0 bridgehead atoms. The molecule has 0 spiro atoms. The fraction of sp³-hybridized carbons (Fsp3) is 0.692. The molecule has 6 heteroatoms. The maximum absolute atomic E-state index is 12.5. The smallest absolute Gasteiger partial charge is 0.314 e. The number of thiophene rings is 1. The Hall–Kier alpha value is -0.590. The van der Waals surface area contributed by atoms with Crippen LogP contribution < -0.4 is 5.32 Å². The molecule has 0 radical (unpaired) electrons. The lowest BCUT2D eigenvalue weighted by Crippen LogP contribution is -2.45. The van der Waals surface area contributed by atoms with E-state index in [1.54, 1.807) is 11.3 Å². The average Bonchev–Trinajstić information content (AvgIpc) is 2.76. The molecule has 1 aromatic heterocycles. The Morgan fingerprint density at radius 1 is 1.32 bits per heavy atom. The molecule has 108 valence electrons. The van der Waals surface area contributed by atoms with E-state index in [1.807, 2.05) is 19.1 Å². The van der Waals surface area contributed by atoms with Gasteiger partial charge in [0.05, 0.1) is 0 Å². The average molecular weight is 292 g/mol. The van der Waals surface area contributed by atoms with Crippen molar-refractivity contribution in [3.8, 4) is 0 Å². The summed E-state index contributed by atoms with van der Waals surface area (Å²) < 4.78 is 37.4. The lowest BCUT2D eigenvalue weighted by molar-refractivity contribution is -0.138. The predicted molar refractivity (Wildman–Crippen MR) is 71.5 cm³/mol. The minimum Gasteiger partial charge on any atom is -0.314 e. The Morgan fingerprint density at radius 2 is 2.00 bits per heavy atom. The molecular weight excluding hydrogens is 273 g/mol. The van der Waals surface area contributed by atoms with E-state index in [4.69, 9.17) is 0 Å². The standard InChI is InChI=1S/C13H19F3N2S/c1-10-2-3-12(19-10)11(4-5-13(14,15)16)18-8-6-17-7-9-18/h2-3,11,17H,4-9H2,1H3/t11-/m0/s1. The molecule has 0 unspecified atom stereocenters. The normalized spacial score (nSPS) is 19.6. The first-order valence-corrected chi connectivity index (χ1v) is 7.35. The van der Waals surface area contributed by atoms with Crippen molar-refractivity contribution in [2.45, 2.75) is 32.0 Å². The zero-order valence-corrected chi connectivity index (χ0v) is 11.8. The molecule has 0 aliphatic carbocycles. The van der Waals surface area contributed by atoms with Gasteiger partial charge in [0, 0.05) is 48.4 Å². The van der Waals surface area contributed by atoms with Crippen molar-refractivity contribution >= 4 is 11.3 Å². The fourth-order valence-corrected chi connectivity index (χ4v) is 3.48. The lowest BCUT2D eigenvalue weighted by Gasteiger charge is -2.34. The third-order valence-corrected chi connectivity index (χ3v) is 4.49. The van der Waals surface area contributed by atoms with E-state index in [1.165, 1.54) is 0 Å². The van der Waals surface area contributed by atoms with Gasteiger partial charge in [-0.05, 0) is 25.5 Å². The largest absolute Gasteiger partial charge is 0.389 e. The second-order valence-corrected chi connectivity index (χ2v) is 6.22. The van der Waals surface area contributed by atoms with E-state index in [2.05, 4.69) is 10.2 Å². The first kappa shape index (κ1) is 14.8. The summed E-state index contributed by atoms with van der Waals surface area (Å²) in [6, 6.07) is 3.87. The van der Waals surface area contributed by atoms with Crippen LogP contribution in [0.1, 0.15) is 28.6 Å². The van der Waals surface area contributed by atoms with Gasteiger partial charge >= 0.3 is 6.18 Å². The number of alkyl halides is 3. The van der Waals surface area contributed by atoms with Crippen molar-refractivity contribution in [3.05, 3.63) is 21.9 Å². The van der Waals surface area contributed by atoms with Crippen LogP contribution in [0.15, 0.2) is 12.1 Å². The second-order valence-electron chi connectivity index (χ2n) is 4.90. The predicted octanol–water partition coefficient (Wildman–Crippen LogP) is 3.35. The summed E-state index contributed by atoms with van der Waals surface area (Å²) in [6.07, 6.45) is -4.62. The van der Waals surface area contributed by atoms with Crippen LogP contribution >= 0.6 is 11.3 Å². The van der Waals surface area contributed by atoms with Gasteiger partial charge in [-0.25, -0.2) is 0 Å². The first-order chi connectivity index (χ1) is 8.96. The summed E-state index contributed by atoms with van der Waals surface area (Å²) in [7, 11) is 0. The highest BCUT2D eigenvalue weighted by molar-refractivity contribution is 7.12. The number of halogens is 3. The van der Waals surface area contributed by atoms with Crippen molar-refractivity contribution in [1.82, 2.24) is 10.2 Å². The van der Waals surface area contributed by atoms with E-state index in [9.17, 15) is 13.2 Å². The molecule has 1 aliphatic heterocycles. The Balaban J connectivity index is 2.08. The number of aryl methyl sites for hydroxylation is 1. The molecule has 1 N–H and O–H groups in total. The van der Waals surface area contributed by atoms with Crippen LogP contribution in [0, 0.1) is 6.92 Å². The van der Waals surface area contributed by atoms with Crippen LogP contribution in [0.25, 0.3) is 0 Å². The fourth-order valence-electron chi connectivity index (χ4n) is 2.43. The van der Waals surface area contributed by atoms with Crippen LogP contribution in [-0.4, -0.2) is 37.3 Å². The molecular formula is C13H19F3N2S. The quantitative estimate of drug-likeness (QED) is 0.915. The topological polar surface area (TPSA) is 15.3 Å². The molecule has 1 saturated heterocycles. The third kappa shape index (κ3) is 4.47. The maximum atomic E-state index is 12.5. The van der Waals surface area contributed by atoms with Gasteiger partial charge in [0.15, 0.2) is 0 Å². The SMILES string of the molecule is Cc1ccc([C@H](CCC(F)(F)F)N2CCNCC2)s1. The summed E-state index contributed by atoms with van der Waals surface area (Å²) in [6.45, 7) is 5.34. The monoisotopic (exact) mass is 292 g/mol. The molecule has 2 nitrogen and oxygen atoms in total. The number of hydrogen-bond acceptors (Lipinski definition) is 3. The molecule has 1 aromatic rings. The number of nitrogens with one attached hydrogen (secondary N) is 1. The Kier molecular flexibility index (Phi) is 4.86. The number of hydrogen-bond donors (Lipinski definition) is 1. The van der Waals surface area contributed by atoms with Crippen LogP contribution in [0.5, 0.6) is 0 Å². The second kappa shape index (κ2) is 6.24. The van der Waals surface area contributed by atoms with E-state index < -0.39 is 12.6 Å². The van der Waals surface area contributed by atoms with Crippen molar-refractivity contribution < 1.29 is 13.2 Å². The highest BCUT2D eigenvalue weighted by atomic mass is 32.1. The van der Waals surface area contributed by atoms with Gasteiger partial charge in [-0.3, -0.25) is 4.90 Å². The zero-order valence-electron chi connectivity index (χ0n) is 11.0. The van der Waals surface area contributed by atoms with Gasteiger partial charge < -0.3 is 5.32 Å². The summed E-state index contributed by atoms with van der Waals surface area (Å²) in [5, 5.41) is 3.24. The number of piperazine rings is 1. The molecule has 1 atom stereocenters. The maximum Gasteiger partial charge on any atom is 0.389 e. The molecule has 0 amide bonds. The Labute approximate surface area is 115 Å². The van der Waals surface area contributed by atoms with Gasteiger partial charge in [0.25, 0.3) is 0 Å². The van der Waals surface area contributed by atoms with Crippen LogP contribution in [-0.2, 0) is 0 Å². The molecule has 1 aliphatic rings. The van der Waals surface area contributed by atoms with E-state index in [-0.39, 0.29) is 12.5 Å². The molecule has 2 heterocycles. The van der Waals surface area contributed by atoms with Gasteiger partial charge in [0.2, 0.25) is 0 Å². The minimum atomic E-state index is -4.07. The lowest BCUT2D eigenvalue weighted by atomic mass is 10.1. The summed E-state index contributed by atoms with van der Waals surface area (Å²) in [4.78, 5) is 4.39. The zero-order chi connectivity index (χ0) is 13.9. The number of rotatable bonds is 4. The van der Waals surface area contributed by atoms with E-state index in [0.29, 0.717) is 0 Å². The van der Waals surface area contributed by atoms with Gasteiger partial charge in [-0.2, -0.15) is 13.2 Å². The van der Waals surface area contributed by atoms with Gasteiger partial charge in [-0.1, -0.05) is 0 Å². The third-order valence-electron chi connectivity index (χ3n) is 3.38. The van der Waals surface area contributed by atoms with Crippen LogP contribution in [0.4, 0.5) is 13.2 Å².